The minimum Gasteiger partial charge on any atom is -0.355 e. The Kier molecular flexibility index (Phi) is 5.33. The molecule has 0 unspecified atom stereocenters. The number of carbonyl (C=O) groups excluding carboxylic acids is 1. The highest BCUT2D eigenvalue weighted by Crippen LogP contribution is 2.28. The molecular formula is C14H21N3O3S. The average Bonchev–Trinajstić information content (AvgIpc) is 3.28. The average molecular weight is 311 g/mol. The molecule has 1 aliphatic rings. The molecule has 0 aliphatic heterocycles. The zero-order valence-electron chi connectivity index (χ0n) is 11.8. The van der Waals surface area contributed by atoms with Crippen molar-refractivity contribution in [2.45, 2.75) is 25.1 Å². The Balaban J connectivity index is 1.73. The van der Waals surface area contributed by atoms with Gasteiger partial charge in [0.05, 0.1) is 5.75 Å². The number of sulfonamides is 1. The van der Waals surface area contributed by atoms with Crippen LogP contribution in [0, 0.1) is 5.92 Å². The van der Waals surface area contributed by atoms with Crippen molar-refractivity contribution >= 4 is 15.9 Å². The van der Waals surface area contributed by atoms with Gasteiger partial charge in [0.1, 0.15) is 0 Å². The van der Waals surface area contributed by atoms with Gasteiger partial charge in [-0.3, -0.25) is 4.79 Å². The summed E-state index contributed by atoms with van der Waals surface area (Å²) in [7, 11) is -3.39. The molecule has 116 valence electrons. The van der Waals surface area contributed by atoms with Crippen molar-refractivity contribution in [1.29, 1.82) is 0 Å². The summed E-state index contributed by atoms with van der Waals surface area (Å²) in [5.41, 5.74) is 7.17. The molecule has 6 nitrogen and oxygen atoms in total. The van der Waals surface area contributed by atoms with Crippen LogP contribution in [0.15, 0.2) is 24.3 Å². The van der Waals surface area contributed by atoms with Crippen LogP contribution in [-0.2, 0) is 27.1 Å². The fourth-order valence-corrected chi connectivity index (χ4v) is 3.07. The molecule has 1 aromatic rings. The Hall–Kier alpha value is -1.44. The lowest BCUT2D eigenvalue weighted by molar-refractivity contribution is -0.122. The van der Waals surface area contributed by atoms with E-state index in [1.165, 1.54) is 0 Å². The number of benzene rings is 1. The van der Waals surface area contributed by atoms with Crippen molar-refractivity contribution in [2.75, 3.05) is 13.1 Å². The normalized spacial score (nSPS) is 14.9. The predicted molar refractivity (Wildman–Crippen MR) is 80.7 cm³/mol. The molecular weight excluding hydrogens is 290 g/mol. The summed E-state index contributed by atoms with van der Waals surface area (Å²) in [5.74, 6) is 0.0864. The van der Waals surface area contributed by atoms with Crippen molar-refractivity contribution in [3.05, 3.63) is 35.4 Å². The first-order valence-electron chi connectivity index (χ1n) is 7.03. The number of rotatable bonds is 8. The molecule has 1 aromatic carbocycles. The smallest absolute Gasteiger partial charge is 0.223 e. The SMILES string of the molecule is NCc1ccc(CS(=O)(=O)NCCNC(=O)C2CC2)cc1. The van der Waals surface area contributed by atoms with E-state index in [1.807, 2.05) is 12.1 Å². The zero-order valence-corrected chi connectivity index (χ0v) is 12.7. The molecule has 0 bridgehead atoms. The van der Waals surface area contributed by atoms with Crippen LogP contribution < -0.4 is 15.8 Å². The zero-order chi connectivity index (χ0) is 15.3. The molecule has 1 amide bonds. The maximum absolute atomic E-state index is 11.9. The van der Waals surface area contributed by atoms with Gasteiger partial charge in [-0.15, -0.1) is 0 Å². The molecule has 0 heterocycles. The van der Waals surface area contributed by atoms with Crippen LogP contribution in [0.25, 0.3) is 0 Å². The maximum Gasteiger partial charge on any atom is 0.223 e. The van der Waals surface area contributed by atoms with Gasteiger partial charge in [0.15, 0.2) is 0 Å². The highest BCUT2D eigenvalue weighted by Gasteiger charge is 2.29. The monoisotopic (exact) mass is 311 g/mol. The Morgan fingerprint density at radius 1 is 1.14 bits per heavy atom. The summed E-state index contributed by atoms with van der Waals surface area (Å²) < 4.78 is 26.3. The van der Waals surface area contributed by atoms with Gasteiger partial charge >= 0.3 is 0 Å². The minimum atomic E-state index is -3.39. The van der Waals surface area contributed by atoms with E-state index in [4.69, 9.17) is 5.73 Å². The Bertz CT molecular complexity index is 580. The van der Waals surface area contributed by atoms with Crippen molar-refractivity contribution in [1.82, 2.24) is 10.0 Å². The molecule has 21 heavy (non-hydrogen) atoms. The molecule has 1 fully saturated rings. The van der Waals surface area contributed by atoms with E-state index in [2.05, 4.69) is 10.0 Å². The van der Waals surface area contributed by atoms with E-state index in [9.17, 15) is 13.2 Å². The number of amides is 1. The fourth-order valence-electron chi connectivity index (χ4n) is 1.92. The molecule has 0 aromatic heterocycles. The van der Waals surface area contributed by atoms with E-state index in [-0.39, 0.29) is 24.1 Å². The van der Waals surface area contributed by atoms with E-state index in [0.717, 1.165) is 18.4 Å². The second kappa shape index (κ2) is 7.02. The molecule has 0 saturated heterocycles. The van der Waals surface area contributed by atoms with E-state index in [1.54, 1.807) is 12.1 Å². The second-order valence-electron chi connectivity index (χ2n) is 5.24. The topological polar surface area (TPSA) is 101 Å². The van der Waals surface area contributed by atoms with Crippen LogP contribution >= 0.6 is 0 Å². The van der Waals surface area contributed by atoms with Crippen LogP contribution in [0.3, 0.4) is 0 Å². The minimum absolute atomic E-state index is 0.0200. The predicted octanol–water partition coefficient (Wildman–Crippen LogP) is 0.0909. The Morgan fingerprint density at radius 2 is 1.76 bits per heavy atom. The van der Waals surface area contributed by atoms with Crippen molar-refractivity contribution in [3.63, 3.8) is 0 Å². The van der Waals surface area contributed by atoms with Gasteiger partial charge in [-0.25, -0.2) is 13.1 Å². The van der Waals surface area contributed by atoms with E-state index < -0.39 is 10.0 Å². The third-order valence-corrected chi connectivity index (χ3v) is 4.67. The number of hydrogen-bond donors (Lipinski definition) is 3. The first-order chi connectivity index (χ1) is 10.00. The van der Waals surface area contributed by atoms with Gasteiger partial charge in [0.2, 0.25) is 15.9 Å². The van der Waals surface area contributed by atoms with Gasteiger partial charge in [-0.05, 0) is 24.0 Å². The summed E-state index contributed by atoms with van der Waals surface area (Å²) in [6, 6.07) is 7.16. The van der Waals surface area contributed by atoms with Gasteiger partial charge in [-0.2, -0.15) is 0 Å². The largest absolute Gasteiger partial charge is 0.355 e. The summed E-state index contributed by atoms with van der Waals surface area (Å²) in [6.07, 6.45) is 1.88. The lowest BCUT2D eigenvalue weighted by atomic mass is 10.1. The molecule has 1 saturated carbocycles. The van der Waals surface area contributed by atoms with Crippen molar-refractivity contribution < 1.29 is 13.2 Å². The number of nitrogens with one attached hydrogen (secondary N) is 2. The Morgan fingerprint density at radius 3 is 2.33 bits per heavy atom. The number of hydrogen-bond acceptors (Lipinski definition) is 4. The molecule has 0 atom stereocenters. The first-order valence-corrected chi connectivity index (χ1v) is 8.68. The standard InChI is InChI=1S/C14H21N3O3S/c15-9-11-1-3-12(4-2-11)10-21(19,20)17-8-7-16-14(18)13-5-6-13/h1-4,13,17H,5-10,15H2,(H,16,18). The van der Waals surface area contributed by atoms with Crippen molar-refractivity contribution in [3.8, 4) is 0 Å². The highest BCUT2D eigenvalue weighted by atomic mass is 32.2. The fraction of sp³-hybridized carbons (Fsp3) is 0.500. The van der Waals surface area contributed by atoms with Crippen LogP contribution in [-0.4, -0.2) is 27.4 Å². The van der Waals surface area contributed by atoms with Crippen LogP contribution in [0.5, 0.6) is 0 Å². The molecule has 0 radical (unpaired) electrons. The lowest BCUT2D eigenvalue weighted by Gasteiger charge is -2.08. The van der Waals surface area contributed by atoms with Gasteiger partial charge in [0, 0.05) is 25.6 Å². The molecule has 7 heteroatoms. The third-order valence-electron chi connectivity index (χ3n) is 3.31. The summed E-state index contributed by atoms with van der Waals surface area (Å²) in [6.45, 7) is 0.967. The summed E-state index contributed by atoms with van der Waals surface area (Å²) in [5, 5.41) is 2.72. The molecule has 0 spiro atoms. The highest BCUT2D eigenvalue weighted by molar-refractivity contribution is 7.88. The number of nitrogens with two attached hydrogens (primary N) is 1. The van der Waals surface area contributed by atoms with Crippen LogP contribution in [0.1, 0.15) is 24.0 Å². The molecule has 4 N–H and O–H groups in total. The van der Waals surface area contributed by atoms with Gasteiger partial charge < -0.3 is 11.1 Å². The maximum atomic E-state index is 11.9. The Labute approximate surface area is 125 Å². The lowest BCUT2D eigenvalue weighted by Crippen LogP contribution is -2.35. The second-order valence-corrected chi connectivity index (χ2v) is 7.05. The van der Waals surface area contributed by atoms with E-state index >= 15 is 0 Å². The summed E-state index contributed by atoms with van der Waals surface area (Å²) in [4.78, 5) is 11.4. The van der Waals surface area contributed by atoms with Gasteiger partial charge in [0.25, 0.3) is 0 Å². The van der Waals surface area contributed by atoms with Crippen LogP contribution in [0.4, 0.5) is 0 Å². The third kappa shape index (κ3) is 5.45. The number of carbonyl (C=O) groups is 1. The quantitative estimate of drug-likeness (QED) is 0.592. The van der Waals surface area contributed by atoms with Crippen LogP contribution in [0.2, 0.25) is 0 Å². The summed E-state index contributed by atoms with van der Waals surface area (Å²) >= 11 is 0. The van der Waals surface area contributed by atoms with Crippen molar-refractivity contribution in [2.24, 2.45) is 11.7 Å². The van der Waals surface area contributed by atoms with Gasteiger partial charge in [-0.1, -0.05) is 24.3 Å². The first kappa shape index (κ1) is 15.9. The molecule has 2 rings (SSSR count). The molecule has 1 aliphatic carbocycles. The van der Waals surface area contributed by atoms with E-state index in [0.29, 0.717) is 18.7 Å².